The van der Waals surface area contributed by atoms with E-state index in [0.717, 1.165) is 19.3 Å². The minimum absolute atomic E-state index is 0.0328. The molecule has 6 heteroatoms. The third-order valence-electron chi connectivity index (χ3n) is 4.62. The van der Waals surface area contributed by atoms with E-state index >= 15 is 0 Å². The van der Waals surface area contributed by atoms with Crippen molar-refractivity contribution in [1.82, 2.24) is 5.32 Å². The molecule has 0 saturated heterocycles. The topological polar surface area (TPSA) is 107 Å². The van der Waals surface area contributed by atoms with Gasteiger partial charge in [-0.2, -0.15) is 0 Å². The third kappa shape index (κ3) is 12.5. The molecule has 0 fully saturated rings. The van der Waals surface area contributed by atoms with Crippen molar-refractivity contribution in [3.8, 4) is 0 Å². The van der Waals surface area contributed by atoms with Gasteiger partial charge in [-0.05, 0) is 39.7 Å². The zero-order chi connectivity index (χ0) is 20.7. The van der Waals surface area contributed by atoms with Crippen LogP contribution in [0.2, 0.25) is 0 Å². The van der Waals surface area contributed by atoms with E-state index in [1.807, 2.05) is 12.2 Å². The molecule has 0 rings (SSSR count). The summed E-state index contributed by atoms with van der Waals surface area (Å²) in [6, 6.07) is 0. The van der Waals surface area contributed by atoms with Gasteiger partial charge in [0.25, 0.3) is 0 Å². The largest absolute Gasteiger partial charge is 0.481 e. The van der Waals surface area contributed by atoms with Gasteiger partial charge in [-0.15, -0.1) is 0 Å². The van der Waals surface area contributed by atoms with Crippen LogP contribution in [-0.4, -0.2) is 46.5 Å². The monoisotopic (exact) mass is 383 g/mol. The van der Waals surface area contributed by atoms with Crippen molar-refractivity contribution in [2.45, 2.75) is 77.5 Å². The fraction of sp³-hybridized carbons (Fsp3) is 0.714. The van der Waals surface area contributed by atoms with E-state index in [9.17, 15) is 19.8 Å². The molecule has 4 unspecified atom stereocenters. The number of nitrogens with one attached hydrogen (secondary N) is 1. The second-order valence-electron chi connectivity index (χ2n) is 6.97. The molecule has 0 amide bonds. The normalized spacial score (nSPS) is 16.5. The molecule has 0 heterocycles. The summed E-state index contributed by atoms with van der Waals surface area (Å²) in [6.45, 7) is 3.61. The number of aliphatic hydroxyl groups excluding tert-OH is 2. The highest BCUT2D eigenvalue weighted by Crippen LogP contribution is 2.23. The number of rotatable bonds is 16. The second kappa shape index (κ2) is 15.5. The van der Waals surface area contributed by atoms with Gasteiger partial charge in [-0.3, -0.25) is 14.9 Å². The highest BCUT2D eigenvalue weighted by molar-refractivity contribution is 5.79. The average Bonchev–Trinajstić information content (AvgIpc) is 2.62. The lowest BCUT2D eigenvalue weighted by Crippen LogP contribution is -2.38. The lowest BCUT2D eigenvalue weighted by Gasteiger charge is -2.26. The van der Waals surface area contributed by atoms with Gasteiger partial charge in [-0.1, -0.05) is 50.5 Å². The Kier molecular flexibility index (Phi) is 14.7. The number of carbonyl (C=O) groups is 2. The predicted octanol–water partition coefficient (Wildman–Crippen LogP) is 3.04. The average molecular weight is 384 g/mol. The molecule has 4 N–H and O–H groups in total. The van der Waals surface area contributed by atoms with Crippen LogP contribution >= 0.6 is 0 Å². The van der Waals surface area contributed by atoms with E-state index in [-0.39, 0.29) is 12.2 Å². The number of aliphatic carboxylic acids is 1. The van der Waals surface area contributed by atoms with Gasteiger partial charge in [0.05, 0.1) is 6.10 Å². The van der Waals surface area contributed by atoms with E-state index in [4.69, 9.17) is 5.11 Å². The fourth-order valence-corrected chi connectivity index (χ4v) is 2.93. The number of hydrogen-bond donors (Lipinski definition) is 4. The van der Waals surface area contributed by atoms with Gasteiger partial charge in [0, 0.05) is 18.3 Å². The van der Waals surface area contributed by atoms with Crippen LogP contribution in [0.15, 0.2) is 24.3 Å². The summed E-state index contributed by atoms with van der Waals surface area (Å²) in [5.41, 5.74) is 0. The number of allylic oxidation sites excluding steroid dienone is 2. The quantitative estimate of drug-likeness (QED) is 0.185. The summed E-state index contributed by atoms with van der Waals surface area (Å²) >= 11 is 0. The Hall–Kier alpha value is -1.50. The Morgan fingerprint density at radius 1 is 1.07 bits per heavy atom. The summed E-state index contributed by atoms with van der Waals surface area (Å²) in [5, 5.41) is 31.8. The molecule has 0 aromatic heterocycles. The van der Waals surface area contributed by atoms with Crippen molar-refractivity contribution >= 4 is 11.8 Å². The summed E-state index contributed by atoms with van der Waals surface area (Å²) in [6.07, 6.45) is 11.2. The smallest absolute Gasteiger partial charge is 0.303 e. The Bertz CT molecular complexity index is 475. The highest BCUT2D eigenvalue weighted by Gasteiger charge is 2.28. The van der Waals surface area contributed by atoms with Crippen LogP contribution in [0, 0.1) is 11.8 Å². The molecule has 4 atom stereocenters. The van der Waals surface area contributed by atoms with E-state index in [1.165, 1.54) is 6.92 Å². The Morgan fingerprint density at radius 3 is 2.33 bits per heavy atom. The van der Waals surface area contributed by atoms with Crippen LogP contribution in [0.4, 0.5) is 0 Å². The predicted molar refractivity (Wildman–Crippen MR) is 107 cm³/mol. The molecular formula is C21H37NO5. The molecule has 0 aliphatic rings. The molecule has 0 bridgehead atoms. The van der Waals surface area contributed by atoms with Gasteiger partial charge in [-0.25, -0.2) is 0 Å². The van der Waals surface area contributed by atoms with E-state index in [2.05, 4.69) is 12.2 Å². The molecule has 27 heavy (non-hydrogen) atoms. The first kappa shape index (κ1) is 25.5. The lowest BCUT2D eigenvalue weighted by molar-refractivity contribution is -0.137. The zero-order valence-electron chi connectivity index (χ0n) is 16.9. The number of Topliss-reactive ketones (excluding diaryl/α,β-unsaturated/α-hetero) is 1. The third-order valence-corrected chi connectivity index (χ3v) is 4.62. The SMILES string of the molecule is CCCCCC(O)/C=C/C(C(O)NC)C(C/C=C\CCCC(=O)O)C(C)=O. The summed E-state index contributed by atoms with van der Waals surface area (Å²) in [7, 11) is 1.63. The van der Waals surface area contributed by atoms with E-state index < -0.39 is 30.1 Å². The van der Waals surface area contributed by atoms with Crippen LogP contribution in [0.1, 0.15) is 65.2 Å². The number of unbranched alkanes of at least 4 members (excludes halogenated alkanes) is 3. The first-order valence-electron chi connectivity index (χ1n) is 9.92. The van der Waals surface area contributed by atoms with Crippen LogP contribution in [-0.2, 0) is 9.59 Å². The maximum Gasteiger partial charge on any atom is 0.303 e. The minimum Gasteiger partial charge on any atom is -0.481 e. The Balaban J connectivity index is 4.87. The number of carbonyl (C=O) groups excluding carboxylic acids is 1. The number of aliphatic hydroxyl groups is 2. The second-order valence-corrected chi connectivity index (χ2v) is 6.97. The van der Waals surface area contributed by atoms with Gasteiger partial charge in [0.15, 0.2) is 0 Å². The number of carboxylic acid groups (broad SMARTS) is 1. The summed E-state index contributed by atoms with van der Waals surface area (Å²) in [5.74, 6) is -1.71. The fourth-order valence-electron chi connectivity index (χ4n) is 2.93. The maximum atomic E-state index is 12.1. The van der Waals surface area contributed by atoms with Crippen molar-refractivity contribution < 1.29 is 24.9 Å². The van der Waals surface area contributed by atoms with E-state index in [1.54, 1.807) is 19.2 Å². The van der Waals surface area contributed by atoms with Crippen LogP contribution in [0.5, 0.6) is 0 Å². The van der Waals surface area contributed by atoms with Gasteiger partial charge in [0.2, 0.25) is 0 Å². The molecule has 6 nitrogen and oxygen atoms in total. The van der Waals surface area contributed by atoms with Gasteiger partial charge >= 0.3 is 5.97 Å². The molecule has 0 aliphatic heterocycles. The standard InChI is InChI=1S/C21H37NO5/c1-4-5-8-11-17(24)14-15-19(21(27)22-3)18(16(2)23)12-9-6-7-10-13-20(25)26/h6,9,14-15,17-19,21-22,24,27H,4-5,7-8,10-13H2,1-3H3,(H,25,26)/b9-6-,15-14+. The van der Waals surface area contributed by atoms with Crippen molar-refractivity contribution in [1.29, 1.82) is 0 Å². The molecular weight excluding hydrogens is 346 g/mol. The number of ketones is 1. The van der Waals surface area contributed by atoms with Gasteiger partial charge in [0.1, 0.15) is 12.0 Å². The molecule has 0 aliphatic carbocycles. The lowest BCUT2D eigenvalue weighted by atomic mass is 9.84. The molecule has 0 saturated carbocycles. The van der Waals surface area contributed by atoms with Crippen molar-refractivity contribution in [2.75, 3.05) is 7.05 Å². The first-order valence-corrected chi connectivity index (χ1v) is 9.92. The van der Waals surface area contributed by atoms with E-state index in [0.29, 0.717) is 25.7 Å². The number of carboxylic acids is 1. The maximum absolute atomic E-state index is 12.1. The van der Waals surface area contributed by atoms with Crippen molar-refractivity contribution in [3.05, 3.63) is 24.3 Å². The Labute approximate surface area is 163 Å². The molecule has 0 aromatic rings. The van der Waals surface area contributed by atoms with Crippen LogP contribution < -0.4 is 5.32 Å². The van der Waals surface area contributed by atoms with Crippen LogP contribution in [0.3, 0.4) is 0 Å². The first-order chi connectivity index (χ1) is 12.8. The molecule has 156 valence electrons. The minimum atomic E-state index is -0.890. The van der Waals surface area contributed by atoms with Gasteiger partial charge < -0.3 is 15.3 Å². The summed E-state index contributed by atoms with van der Waals surface area (Å²) in [4.78, 5) is 22.6. The van der Waals surface area contributed by atoms with Crippen molar-refractivity contribution in [2.24, 2.45) is 11.8 Å². The highest BCUT2D eigenvalue weighted by atomic mass is 16.4. The molecule has 0 radical (unpaired) electrons. The summed E-state index contributed by atoms with van der Waals surface area (Å²) < 4.78 is 0. The number of hydrogen-bond acceptors (Lipinski definition) is 5. The van der Waals surface area contributed by atoms with Crippen molar-refractivity contribution in [3.63, 3.8) is 0 Å². The Morgan fingerprint density at radius 2 is 1.78 bits per heavy atom. The molecule has 0 aromatic carbocycles. The van der Waals surface area contributed by atoms with Crippen LogP contribution in [0.25, 0.3) is 0 Å². The zero-order valence-corrected chi connectivity index (χ0v) is 16.9. The molecule has 0 spiro atoms.